The van der Waals surface area contributed by atoms with Crippen molar-refractivity contribution in [3.63, 3.8) is 0 Å². The standard InChI is InChI=1S/C11H8ClFN2O/c1-6-14-10(5-11(16)15-6)7-2-8(12)4-9(13)3-7/h2-5H,1H3,(H,14,15,16). The van der Waals surface area contributed by atoms with Crippen molar-refractivity contribution in [1.82, 2.24) is 9.97 Å². The third-order valence-electron chi connectivity index (χ3n) is 2.02. The van der Waals surface area contributed by atoms with Gasteiger partial charge < -0.3 is 4.98 Å². The molecule has 0 radical (unpaired) electrons. The minimum atomic E-state index is -0.456. The van der Waals surface area contributed by atoms with Crippen LogP contribution in [0.3, 0.4) is 0 Å². The number of nitrogens with one attached hydrogen (secondary N) is 1. The Kier molecular flexibility index (Phi) is 2.75. The van der Waals surface area contributed by atoms with E-state index in [0.29, 0.717) is 17.1 Å². The minimum absolute atomic E-state index is 0.273. The number of aromatic nitrogens is 2. The molecule has 0 saturated heterocycles. The average molecular weight is 239 g/mol. The molecular weight excluding hydrogens is 231 g/mol. The Morgan fingerprint density at radius 1 is 1.31 bits per heavy atom. The van der Waals surface area contributed by atoms with Gasteiger partial charge in [-0.3, -0.25) is 4.79 Å². The quantitative estimate of drug-likeness (QED) is 0.830. The summed E-state index contributed by atoms with van der Waals surface area (Å²) < 4.78 is 13.1. The first kappa shape index (κ1) is 10.8. The van der Waals surface area contributed by atoms with E-state index in [2.05, 4.69) is 9.97 Å². The average Bonchev–Trinajstić information content (AvgIpc) is 2.14. The molecule has 2 rings (SSSR count). The van der Waals surface area contributed by atoms with E-state index < -0.39 is 5.82 Å². The Balaban J connectivity index is 2.62. The number of hydrogen-bond donors (Lipinski definition) is 1. The first-order valence-corrected chi connectivity index (χ1v) is 4.97. The van der Waals surface area contributed by atoms with Gasteiger partial charge in [0.05, 0.1) is 5.69 Å². The van der Waals surface area contributed by atoms with Crippen molar-refractivity contribution < 1.29 is 4.39 Å². The van der Waals surface area contributed by atoms with E-state index in [0.717, 1.165) is 0 Å². The lowest BCUT2D eigenvalue weighted by Gasteiger charge is -2.02. The number of benzene rings is 1. The third-order valence-corrected chi connectivity index (χ3v) is 2.24. The Labute approximate surface area is 95.9 Å². The van der Waals surface area contributed by atoms with Crippen molar-refractivity contribution in [3.8, 4) is 11.3 Å². The number of hydrogen-bond acceptors (Lipinski definition) is 2. The maximum absolute atomic E-state index is 13.1. The van der Waals surface area contributed by atoms with Crippen molar-refractivity contribution in [1.29, 1.82) is 0 Å². The molecule has 1 heterocycles. The highest BCUT2D eigenvalue weighted by molar-refractivity contribution is 6.30. The lowest BCUT2D eigenvalue weighted by molar-refractivity contribution is 0.628. The topological polar surface area (TPSA) is 45.8 Å². The van der Waals surface area contributed by atoms with Gasteiger partial charge in [0.15, 0.2) is 0 Å². The highest BCUT2D eigenvalue weighted by atomic mass is 35.5. The first-order valence-electron chi connectivity index (χ1n) is 4.59. The molecule has 0 amide bonds. The molecule has 0 unspecified atom stereocenters. The van der Waals surface area contributed by atoms with Crippen molar-refractivity contribution in [2.45, 2.75) is 6.92 Å². The maximum Gasteiger partial charge on any atom is 0.251 e. The molecule has 0 fully saturated rings. The largest absolute Gasteiger partial charge is 0.311 e. The normalized spacial score (nSPS) is 10.4. The second-order valence-electron chi connectivity index (χ2n) is 3.37. The SMILES string of the molecule is Cc1nc(-c2cc(F)cc(Cl)c2)cc(=O)[nH]1. The molecule has 16 heavy (non-hydrogen) atoms. The number of rotatable bonds is 1. The van der Waals surface area contributed by atoms with Gasteiger partial charge in [-0.25, -0.2) is 9.37 Å². The van der Waals surface area contributed by atoms with Gasteiger partial charge in [0, 0.05) is 16.7 Å². The molecule has 1 aromatic heterocycles. The second-order valence-corrected chi connectivity index (χ2v) is 3.81. The van der Waals surface area contributed by atoms with Crippen LogP contribution < -0.4 is 5.56 Å². The Morgan fingerprint density at radius 2 is 2.06 bits per heavy atom. The van der Waals surface area contributed by atoms with Gasteiger partial charge >= 0.3 is 0 Å². The van der Waals surface area contributed by atoms with Crippen LogP contribution in [0.1, 0.15) is 5.82 Å². The smallest absolute Gasteiger partial charge is 0.251 e. The summed E-state index contributed by atoms with van der Waals surface area (Å²) in [5.41, 5.74) is 0.615. The molecule has 0 aliphatic carbocycles. The Bertz CT molecular complexity index is 575. The monoisotopic (exact) mass is 238 g/mol. The van der Waals surface area contributed by atoms with Gasteiger partial charge in [-0.2, -0.15) is 0 Å². The van der Waals surface area contributed by atoms with Crippen LogP contribution in [0.4, 0.5) is 4.39 Å². The lowest BCUT2D eigenvalue weighted by atomic mass is 10.1. The van der Waals surface area contributed by atoms with Crippen molar-refractivity contribution >= 4 is 11.6 Å². The molecule has 5 heteroatoms. The van der Waals surface area contributed by atoms with Gasteiger partial charge in [-0.05, 0) is 25.1 Å². The van der Waals surface area contributed by atoms with Crippen LogP contribution in [-0.4, -0.2) is 9.97 Å². The highest BCUT2D eigenvalue weighted by Crippen LogP contribution is 2.21. The molecule has 0 saturated carbocycles. The molecular formula is C11H8ClFN2O. The van der Waals surface area contributed by atoms with Crippen LogP contribution in [-0.2, 0) is 0 Å². The zero-order chi connectivity index (χ0) is 11.7. The molecule has 82 valence electrons. The van der Waals surface area contributed by atoms with E-state index in [1.54, 1.807) is 13.0 Å². The van der Waals surface area contributed by atoms with Crippen LogP contribution in [0, 0.1) is 12.7 Å². The summed E-state index contributed by atoms with van der Waals surface area (Å²) in [6.45, 7) is 1.66. The minimum Gasteiger partial charge on any atom is -0.311 e. The van der Waals surface area contributed by atoms with Crippen LogP contribution in [0.5, 0.6) is 0 Å². The van der Waals surface area contributed by atoms with Gasteiger partial charge in [0.25, 0.3) is 5.56 Å². The molecule has 1 aromatic carbocycles. The van der Waals surface area contributed by atoms with Crippen molar-refractivity contribution in [3.05, 3.63) is 51.3 Å². The molecule has 0 aliphatic heterocycles. The zero-order valence-corrected chi connectivity index (χ0v) is 9.18. The first-order chi connectivity index (χ1) is 7.54. The summed E-state index contributed by atoms with van der Waals surface area (Å²) in [6.07, 6.45) is 0. The van der Waals surface area contributed by atoms with E-state index in [1.807, 2.05) is 0 Å². The molecule has 1 N–H and O–H groups in total. The Hall–Kier alpha value is -1.68. The summed E-state index contributed by atoms with van der Waals surface area (Å²) >= 11 is 5.73. The van der Waals surface area contributed by atoms with Crippen LogP contribution in [0.25, 0.3) is 11.3 Å². The molecule has 0 spiro atoms. The van der Waals surface area contributed by atoms with E-state index >= 15 is 0 Å². The highest BCUT2D eigenvalue weighted by Gasteiger charge is 2.05. The summed E-state index contributed by atoms with van der Waals surface area (Å²) in [5, 5.41) is 0.273. The number of aromatic amines is 1. The molecule has 2 aromatic rings. The van der Waals surface area contributed by atoms with E-state index in [9.17, 15) is 9.18 Å². The van der Waals surface area contributed by atoms with Crippen LogP contribution in [0.2, 0.25) is 5.02 Å². The van der Waals surface area contributed by atoms with Gasteiger partial charge in [0.2, 0.25) is 0 Å². The van der Waals surface area contributed by atoms with Crippen LogP contribution in [0.15, 0.2) is 29.1 Å². The summed E-state index contributed by atoms with van der Waals surface area (Å²) in [5.74, 6) is 0.0186. The second kappa shape index (κ2) is 4.06. The predicted octanol–water partition coefficient (Wildman–Crippen LogP) is 2.54. The number of nitrogens with zero attached hydrogens (tertiary/aromatic N) is 1. The fourth-order valence-corrected chi connectivity index (χ4v) is 1.65. The van der Waals surface area contributed by atoms with Gasteiger partial charge in [-0.15, -0.1) is 0 Å². The van der Waals surface area contributed by atoms with Crippen LogP contribution >= 0.6 is 11.6 Å². The van der Waals surface area contributed by atoms with E-state index in [-0.39, 0.29) is 10.6 Å². The fourth-order valence-electron chi connectivity index (χ4n) is 1.43. The maximum atomic E-state index is 13.1. The zero-order valence-electron chi connectivity index (χ0n) is 8.42. The number of aryl methyl sites for hydroxylation is 1. The fraction of sp³-hybridized carbons (Fsp3) is 0.0909. The predicted molar refractivity (Wildman–Crippen MR) is 60.0 cm³/mol. The van der Waals surface area contributed by atoms with Gasteiger partial charge in [-0.1, -0.05) is 11.6 Å². The van der Waals surface area contributed by atoms with E-state index in [1.165, 1.54) is 18.2 Å². The molecule has 0 bridgehead atoms. The van der Waals surface area contributed by atoms with Gasteiger partial charge in [0.1, 0.15) is 11.6 Å². The number of halogens is 2. The molecule has 3 nitrogen and oxygen atoms in total. The third kappa shape index (κ3) is 2.28. The lowest BCUT2D eigenvalue weighted by Crippen LogP contribution is -2.08. The molecule has 0 atom stereocenters. The summed E-state index contributed by atoms with van der Waals surface area (Å²) in [7, 11) is 0. The molecule has 0 aliphatic rings. The summed E-state index contributed by atoms with van der Waals surface area (Å²) in [6, 6.07) is 5.35. The summed E-state index contributed by atoms with van der Waals surface area (Å²) in [4.78, 5) is 17.9. The van der Waals surface area contributed by atoms with Crippen molar-refractivity contribution in [2.24, 2.45) is 0 Å². The Morgan fingerprint density at radius 3 is 2.69 bits per heavy atom. The van der Waals surface area contributed by atoms with Crippen molar-refractivity contribution in [2.75, 3.05) is 0 Å². The van der Waals surface area contributed by atoms with E-state index in [4.69, 9.17) is 11.6 Å². The number of H-pyrrole nitrogens is 1.